The van der Waals surface area contributed by atoms with Gasteiger partial charge in [0, 0.05) is 49.0 Å². The first kappa shape index (κ1) is 31.1. The smallest absolute Gasteiger partial charge is 0.202 e. The van der Waals surface area contributed by atoms with Crippen LogP contribution in [0.3, 0.4) is 0 Å². The number of methoxy groups -OCH3 is 1. The zero-order valence-corrected chi connectivity index (χ0v) is 25.2. The quantitative estimate of drug-likeness (QED) is 0.176. The first-order valence-electron chi connectivity index (χ1n) is 14.9. The SMILES string of the molecule is COc1cccc2c1C(=O)c1c(O)c3c(c(O)c1C2=O)CC(O)(C(C)=O)C[C@@H]3OC1C[C@H](N=CN2CCOCC2)C(O)C(C)O1. The molecule has 13 heteroatoms. The number of ether oxygens (including phenoxy) is 4. The van der Waals surface area contributed by atoms with Crippen LogP contribution in [0.1, 0.15) is 75.8 Å². The molecule has 13 nitrogen and oxygen atoms in total. The minimum atomic E-state index is -2.02. The molecule has 240 valence electrons. The molecule has 4 N–H and O–H groups in total. The number of fused-ring (bicyclic) bond motifs is 3. The number of Topliss-reactive ketones (excluding diaryl/α,β-unsaturated/α-hetero) is 1. The molecule has 0 aromatic heterocycles. The van der Waals surface area contributed by atoms with Crippen molar-refractivity contribution < 1.29 is 53.8 Å². The zero-order valence-electron chi connectivity index (χ0n) is 25.2. The molecule has 4 aliphatic rings. The van der Waals surface area contributed by atoms with Crippen molar-refractivity contribution in [3.63, 3.8) is 0 Å². The van der Waals surface area contributed by atoms with Gasteiger partial charge < -0.3 is 44.3 Å². The fourth-order valence-electron chi connectivity index (χ4n) is 6.62. The predicted octanol–water partition coefficient (Wildman–Crippen LogP) is 1.43. The molecule has 6 rings (SSSR count). The molecule has 2 aliphatic heterocycles. The minimum absolute atomic E-state index is 0.0150. The molecule has 2 aromatic rings. The number of ketones is 3. The predicted molar refractivity (Wildman–Crippen MR) is 157 cm³/mol. The Labute approximate surface area is 259 Å². The number of aliphatic hydroxyl groups is 2. The van der Waals surface area contributed by atoms with Gasteiger partial charge in [0.2, 0.25) is 5.78 Å². The lowest BCUT2D eigenvalue weighted by atomic mass is 9.72. The number of carbonyl (C=O) groups is 3. The number of morpholine rings is 1. The Morgan fingerprint density at radius 3 is 2.51 bits per heavy atom. The molecule has 2 fully saturated rings. The maximum Gasteiger partial charge on any atom is 0.202 e. The highest BCUT2D eigenvalue weighted by Crippen LogP contribution is 2.52. The number of carbonyl (C=O) groups excluding carboxylic acids is 3. The number of rotatable bonds is 6. The Morgan fingerprint density at radius 1 is 1.11 bits per heavy atom. The van der Waals surface area contributed by atoms with E-state index in [2.05, 4.69) is 4.99 Å². The number of aliphatic hydroxyl groups excluding tert-OH is 1. The summed E-state index contributed by atoms with van der Waals surface area (Å²) in [6, 6.07) is 3.84. The van der Waals surface area contributed by atoms with E-state index in [1.165, 1.54) is 32.2 Å². The van der Waals surface area contributed by atoms with E-state index in [0.717, 1.165) is 0 Å². The molecule has 6 atom stereocenters. The molecule has 0 spiro atoms. The highest BCUT2D eigenvalue weighted by Gasteiger charge is 2.49. The third-order valence-corrected chi connectivity index (χ3v) is 9.19. The van der Waals surface area contributed by atoms with Crippen molar-refractivity contribution in [2.45, 2.75) is 69.4 Å². The van der Waals surface area contributed by atoms with Crippen LogP contribution < -0.4 is 4.74 Å². The second-order valence-corrected chi connectivity index (χ2v) is 12.0. The molecule has 0 radical (unpaired) electrons. The van der Waals surface area contributed by atoms with E-state index in [9.17, 15) is 34.8 Å². The van der Waals surface area contributed by atoms with Crippen molar-refractivity contribution in [1.82, 2.24) is 4.90 Å². The van der Waals surface area contributed by atoms with Gasteiger partial charge in [-0.05, 0) is 19.9 Å². The van der Waals surface area contributed by atoms with Gasteiger partial charge in [-0.25, -0.2) is 0 Å². The van der Waals surface area contributed by atoms with Crippen LogP contribution in [0.15, 0.2) is 23.2 Å². The van der Waals surface area contributed by atoms with Crippen LogP contribution in [-0.2, 0) is 25.4 Å². The maximum atomic E-state index is 13.8. The van der Waals surface area contributed by atoms with Crippen molar-refractivity contribution in [2.75, 3.05) is 33.4 Å². The van der Waals surface area contributed by atoms with Gasteiger partial charge in [0.1, 0.15) is 29.0 Å². The first-order chi connectivity index (χ1) is 21.4. The van der Waals surface area contributed by atoms with E-state index >= 15 is 0 Å². The maximum absolute atomic E-state index is 13.8. The Kier molecular flexibility index (Phi) is 8.16. The standard InChI is InChI=1S/C32H36N2O11/c1-15-27(36)19(33-14-34-7-9-43-10-8-34)11-22(44-15)45-21-13-32(41,16(2)35)12-18-24(21)31(40)26-25(29(18)38)28(37)17-5-4-6-20(42-3)23(17)30(26)39/h4-6,14-15,19,21-22,27,36,38,40-41H,7-13H2,1-3H3/t15?,19-,21-,22?,27?,32?/m0/s1. The first-order valence-corrected chi connectivity index (χ1v) is 14.9. The second-order valence-electron chi connectivity index (χ2n) is 12.0. The average molecular weight is 625 g/mol. The van der Waals surface area contributed by atoms with E-state index in [1.54, 1.807) is 13.3 Å². The van der Waals surface area contributed by atoms with Crippen LogP contribution in [-0.4, -0.2) is 113 Å². The van der Waals surface area contributed by atoms with Crippen molar-refractivity contribution >= 4 is 23.7 Å². The zero-order chi connectivity index (χ0) is 32.2. The molecule has 4 unspecified atom stereocenters. The molecule has 0 amide bonds. The number of hydrogen-bond donors (Lipinski definition) is 4. The summed E-state index contributed by atoms with van der Waals surface area (Å²) in [6.07, 6.45) is -2.92. The largest absolute Gasteiger partial charge is 0.507 e. The topological polar surface area (TPSA) is 185 Å². The average Bonchev–Trinajstić information content (AvgIpc) is 3.02. The van der Waals surface area contributed by atoms with Crippen molar-refractivity contribution in [2.24, 2.45) is 4.99 Å². The van der Waals surface area contributed by atoms with Crippen molar-refractivity contribution in [3.8, 4) is 17.2 Å². The molecule has 45 heavy (non-hydrogen) atoms. The lowest BCUT2D eigenvalue weighted by molar-refractivity contribution is -0.246. The number of aromatic hydroxyl groups is 2. The fourth-order valence-corrected chi connectivity index (χ4v) is 6.62. The third kappa shape index (κ3) is 5.28. The van der Waals surface area contributed by atoms with Gasteiger partial charge in [-0.15, -0.1) is 0 Å². The number of phenolic OH excluding ortho intramolecular Hbond substituents is 2. The summed E-state index contributed by atoms with van der Waals surface area (Å²) in [5, 5.41) is 45.4. The molecule has 2 saturated heterocycles. The van der Waals surface area contributed by atoms with Gasteiger partial charge in [-0.1, -0.05) is 12.1 Å². The Morgan fingerprint density at radius 2 is 1.82 bits per heavy atom. The van der Waals surface area contributed by atoms with Gasteiger partial charge >= 0.3 is 0 Å². The number of nitrogens with zero attached hydrogens (tertiary/aromatic N) is 2. The van der Waals surface area contributed by atoms with Crippen molar-refractivity contribution in [3.05, 3.63) is 51.6 Å². The number of phenols is 2. The van der Waals surface area contributed by atoms with E-state index in [0.29, 0.717) is 26.3 Å². The minimum Gasteiger partial charge on any atom is -0.507 e. The van der Waals surface area contributed by atoms with E-state index in [-0.39, 0.29) is 40.8 Å². The van der Waals surface area contributed by atoms with Crippen LogP contribution in [0.2, 0.25) is 0 Å². The lowest BCUT2D eigenvalue weighted by Gasteiger charge is -2.42. The summed E-state index contributed by atoms with van der Waals surface area (Å²) >= 11 is 0. The number of benzene rings is 2. The molecule has 2 aromatic carbocycles. The highest BCUT2D eigenvalue weighted by atomic mass is 16.7. The van der Waals surface area contributed by atoms with Crippen LogP contribution in [0.25, 0.3) is 0 Å². The highest BCUT2D eigenvalue weighted by molar-refractivity contribution is 6.31. The monoisotopic (exact) mass is 624 g/mol. The van der Waals surface area contributed by atoms with Gasteiger partial charge in [0.15, 0.2) is 17.9 Å². The van der Waals surface area contributed by atoms with Crippen molar-refractivity contribution in [1.29, 1.82) is 0 Å². The Balaban J connectivity index is 1.40. The van der Waals surface area contributed by atoms with Crippen LogP contribution in [0.5, 0.6) is 17.2 Å². The number of aliphatic imine (C=N–C) groups is 1. The summed E-state index contributed by atoms with van der Waals surface area (Å²) < 4.78 is 22.9. The summed E-state index contributed by atoms with van der Waals surface area (Å²) in [5.74, 6) is -3.17. The van der Waals surface area contributed by atoms with E-state index < -0.39 is 82.6 Å². The molecule has 0 saturated carbocycles. The molecule has 2 aliphatic carbocycles. The van der Waals surface area contributed by atoms with Gasteiger partial charge in [-0.3, -0.25) is 19.4 Å². The Hall–Kier alpha value is -3.88. The van der Waals surface area contributed by atoms with Crippen LogP contribution in [0.4, 0.5) is 0 Å². The molecule has 2 heterocycles. The normalized spacial score (nSPS) is 29.7. The Bertz CT molecular complexity index is 1580. The summed E-state index contributed by atoms with van der Waals surface area (Å²) in [4.78, 5) is 46.7. The van der Waals surface area contributed by atoms with Gasteiger partial charge in [0.25, 0.3) is 0 Å². The summed E-state index contributed by atoms with van der Waals surface area (Å²) in [7, 11) is 1.35. The molecule has 0 bridgehead atoms. The summed E-state index contributed by atoms with van der Waals surface area (Å²) in [6.45, 7) is 5.30. The molecular formula is C32H36N2O11. The van der Waals surface area contributed by atoms with Crippen LogP contribution in [0, 0.1) is 0 Å². The van der Waals surface area contributed by atoms with E-state index in [1.807, 2.05) is 4.90 Å². The fraction of sp³-hybridized carbons (Fsp3) is 0.500. The van der Waals surface area contributed by atoms with Gasteiger partial charge in [-0.2, -0.15) is 0 Å². The lowest BCUT2D eigenvalue weighted by Crippen LogP contribution is -2.49. The summed E-state index contributed by atoms with van der Waals surface area (Å²) in [5.41, 5.74) is -3.06. The molecular weight excluding hydrogens is 588 g/mol. The third-order valence-electron chi connectivity index (χ3n) is 9.19. The van der Waals surface area contributed by atoms with Crippen LogP contribution >= 0.6 is 0 Å². The van der Waals surface area contributed by atoms with Gasteiger partial charge in [0.05, 0.1) is 61.6 Å². The second kappa shape index (κ2) is 11.8. The number of hydrogen-bond acceptors (Lipinski definition) is 12. The van der Waals surface area contributed by atoms with E-state index in [4.69, 9.17) is 18.9 Å².